The van der Waals surface area contributed by atoms with Crippen LogP contribution in [0.2, 0.25) is 0 Å². The van der Waals surface area contributed by atoms with E-state index in [1.54, 1.807) is 6.07 Å². The summed E-state index contributed by atoms with van der Waals surface area (Å²) in [6, 6.07) is 5.03. The van der Waals surface area contributed by atoms with E-state index in [2.05, 4.69) is 10.6 Å². The second-order valence-corrected chi connectivity index (χ2v) is 4.44. The van der Waals surface area contributed by atoms with Gasteiger partial charge < -0.3 is 15.7 Å². The summed E-state index contributed by atoms with van der Waals surface area (Å²) in [5.41, 5.74) is -0.165. The molecule has 1 saturated heterocycles. The number of anilines is 1. The van der Waals surface area contributed by atoms with Gasteiger partial charge in [0.05, 0.1) is 28.7 Å². The van der Waals surface area contributed by atoms with Crippen LogP contribution in [0.1, 0.15) is 12.0 Å². The maximum absolute atomic E-state index is 11.9. The smallest absolute Gasteiger partial charge is 0.294 e. The van der Waals surface area contributed by atoms with Gasteiger partial charge in [-0.3, -0.25) is 14.9 Å². The summed E-state index contributed by atoms with van der Waals surface area (Å²) in [7, 11) is 0. The van der Waals surface area contributed by atoms with Crippen molar-refractivity contribution in [2.45, 2.75) is 18.6 Å². The molecule has 2 atom stereocenters. The Bertz CT molecular complexity index is 596. The van der Waals surface area contributed by atoms with E-state index >= 15 is 0 Å². The minimum absolute atomic E-state index is 0.0298. The molecular formula is C12H12N4O4. The highest BCUT2D eigenvalue weighted by Crippen LogP contribution is 2.25. The van der Waals surface area contributed by atoms with Gasteiger partial charge in [0.25, 0.3) is 5.69 Å². The fourth-order valence-electron chi connectivity index (χ4n) is 1.99. The Hall–Kier alpha value is -2.50. The third kappa shape index (κ3) is 2.90. The number of nitrogens with zero attached hydrogens (tertiary/aromatic N) is 2. The van der Waals surface area contributed by atoms with Gasteiger partial charge in [0.15, 0.2) is 0 Å². The molecule has 20 heavy (non-hydrogen) atoms. The van der Waals surface area contributed by atoms with Gasteiger partial charge >= 0.3 is 0 Å². The molecule has 0 bridgehead atoms. The third-order valence-electron chi connectivity index (χ3n) is 3.01. The van der Waals surface area contributed by atoms with E-state index in [0.29, 0.717) is 6.54 Å². The lowest BCUT2D eigenvalue weighted by Gasteiger charge is -2.11. The molecule has 1 heterocycles. The topological polar surface area (TPSA) is 128 Å². The van der Waals surface area contributed by atoms with Crippen molar-refractivity contribution in [2.24, 2.45) is 0 Å². The third-order valence-corrected chi connectivity index (χ3v) is 3.01. The summed E-state index contributed by atoms with van der Waals surface area (Å²) >= 11 is 0. The first-order chi connectivity index (χ1) is 9.51. The maximum Gasteiger partial charge on any atom is 0.294 e. The van der Waals surface area contributed by atoms with Gasteiger partial charge in [-0.1, -0.05) is 0 Å². The number of aliphatic hydroxyl groups excluding tert-OH is 1. The quantitative estimate of drug-likeness (QED) is 0.531. The van der Waals surface area contributed by atoms with Crippen LogP contribution in [0.5, 0.6) is 0 Å². The first-order valence-electron chi connectivity index (χ1n) is 5.92. The summed E-state index contributed by atoms with van der Waals surface area (Å²) in [6.45, 7) is 0.313. The molecule has 1 aliphatic heterocycles. The van der Waals surface area contributed by atoms with Crippen LogP contribution in [0.15, 0.2) is 18.2 Å². The Balaban J connectivity index is 2.19. The zero-order chi connectivity index (χ0) is 14.7. The van der Waals surface area contributed by atoms with Crippen molar-refractivity contribution in [3.63, 3.8) is 0 Å². The average molecular weight is 276 g/mol. The zero-order valence-corrected chi connectivity index (χ0v) is 10.4. The summed E-state index contributed by atoms with van der Waals surface area (Å²) in [4.78, 5) is 22.2. The molecule has 0 aromatic heterocycles. The minimum atomic E-state index is -0.659. The van der Waals surface area contributed by atoms with Gasteiger partial charge in [-0.05, 0) is 18.6 Å². The van der Waals surface area contributed by atoms with Crippen LogP contribution in [-0.2, 0) is 4.79 Å². The van der Waals surface area contributed by atoms with Gasteiger partial charge in [-0.15, -0.1) is 0 Å². The molecule has 8 heteroatoms. The van der Waals surface area contributed by atoms with Crippen molar-refractivity contribution in [3.8, 4) is 6.07 Å². The maximum atomic E-state index is 11.9. The average Bonchev–Trinajstić information content (AvgIpc) is 2.85. The first-order valence-corrected chi connectivity index (χ1v) is 5.92. The lowest BCUT2D eigenvalue weighted by molar-refractivity contribution is -0.383. The molecule has 2 unspecified atom stereocenters. The largest absolute Gasteiger partial charge is 0.392 e. The molecule has 1 aromatic rings. The van der Waals surface area contributed by atoms with Gasteiger partial charge in [-0.2, -0.15) is 5.26 Å². The van der Waals surface area contributed by atoms with Crippen molar-refractivity contribution in [1.29, 1.82) is 5.26 Å². The van der Waals surface area contributed by atoms with E-state index in [1.807, 2.05) is 0 Å². The number of nitriles is 1. The van der Waals surface area contributed by atoms with E-state index < -0.39 is 23.0 Å². The van der Waals surface area contributed by atoms with E-state index in [9.17, 15) is 20.0 Å². The molecule has 104 valence electrons. The number of hydrogen-bond acceptors (Lipinski definition) is 6. The standard InChI is InChI=1S/C12H12N4O4/c13-5-7-1-2-9(11(3-7)16(19)20)15-12(18)10-4-8(17)6-14-10/h1-3,8,10,14,17H,4,6H2,(H,15,18). The fourth-order valence-corrected chi connectivity index (χ4v) is 1.99. The first kappa shape index (κ1) is 13.9. The molecule has 1 aliphatic rings. The van der Waals surface area contributed by atoms with E-state index in [-0.39, 0.29) is 23.4 Å². The van der Waals surface area contributed by atoms with Crippen LogP contribution in [0, 0.1) is 21.4 Å². The predicted molar refractivity (Wildman–Crippen MR) is 68.9 cm³/mol. The van der Waals surface area contributed by atoms with Crippen LogP contribution in [0.3, 0.4) is 0 Å². The molecule has 1 amide bonds. The Morgan fingerprint density at radius 2 is 2.35 bits per heavy atom. The Morgan fingerprint density at radius 1 is 1.60 bits per heavy atom. The molecule has 1 aromatic carbocycles. The van der Waals surface area contributed by atoms with Crippen LogP contribution >= 0.6 is 0 Å². The lowest BCUT2D eigenvalue weighted by Crippen LogP contribution is -2.35. The molecule has 2 rings (SSSR count). The second kappa shape index (κ2) is 5.64. The van der Waals surface area contributed by atoms with E-state index in [0.717, 1.165) is 6.07 Å². The number of nitro groups is 1. The molecule has 0 radical (unpaired) electrons. The Morgan fingerprint density at radius 3 is 2.90 bits per heavy atom. The number of nitro benzene ring substituents is 1. The monoisotopic (exact) mass is 276 g/mol. The highest BCUT2D eigenvalue weighted by atomic mass is 16.6. The van der Waals surface area contributed by atoms with Gasteiger partial charge in [-0.25, -0.2) is 0 Å². The summed E-state index contributed by atoms with van der Waals surface area (Å²) < 4.78 is 0. The highest BCUT2D eigenvalue weighted by Gasteiger charge is 2.29. The number of benzene rings is 1. The number of β-amino-alcohol motifs (C(OH)–C–C–N with tert-alkyl or cyclic N) is 1. The molecular weight excluding hydrogens is 264 g/mol. The normalized spacial score (nSPS) is 21.2. The van der Waals surface area contributed by atoms with Crippen molar-refractivity contribution in [2.75, 3.05) is 11.9 Å². The predicted octanol–water partition coefficient (Wildman–Crippen LogP) is 0.128. The number of nitrogens with one attached hydrogen (secondary N) is 2. The molecule has 0 aliphatic carbocycles. The number of amides is 1. The van der Waals surface area contributed by atoms with E-state index in [1.165, 1.54) is 12.1 Å². The number of carbonyl (C=O) groups is 1. The lowest BCUT2D eigenvalue weighted by atomic mass is 10.1. The second-order valence-electron chi connectivity index (χ2n) is 4.44. The van der Waals surface area contributed by atoms with Crippen LogP contribution in [0.4, 0.5) is 11.4 Å². The van der Waals surface area contributed by atoms with Crippen molar-refractivity contribution < 1.29 is 14.8 Å². The Labute approximate surface area is 114 Å². The number of carbonyl (C=O) groups excluding carboxylic acids is 1. The molecule has 1 fully saturated rings. The van der Waals surface area contributed by atoms with Crippen molar-refractivity contribution in [3.05, 3.63) is 33.9 Å². The number of hydrogen-bond donors (Lipinski definition) is 3. The van der Waals surface area contributed by atoms with Gasteiger partial charge in [0.2, 0.25) is 5.91 Å². The van der Waals surface area contributed by atoms with Crippen molar-refractivity contribution >= 4 is 17.3 Å². The van der Waals surface area contributed by atoms with Crippen LogP contribution in [-0.4, -0.2) is 34.6 Å². The molecule has 0 spiro atoms. The summed E-state index contributed by atoms with van der Waals surface area (Å²) in [6.07, 6.45) is -0.336. The fraction of sp³-hybridized carbons (Fsp3) is 0.333. The van der Waals surface area contributed by atoms with Gasteiger partial charge in [0.1, 0.15) is 5.69 Å². The van der Waals surface area contributed by atoms with Crippen LogP contribution < -0.4 is 10.6 Å². The number of aliphatic hydroxyl groups is 1. The van der Waals surface area contributed by atoms with Gasteiger partial charge in [0, 0.05) is 12.6 Å². The highest BCUT2D eigenvalue weighted by molar-refractivity contribution is 5.97. The summed E-state index contributed by atoms with van der Waals surface area (Å²) in [5.74, 6) is -0.450. The Kier molecular flexibility index (Phi) is 3.93. The van der Waals surface area contributed by atoms with Crippen molar-refractivity contribution in [1.82, 2.24) is 5.32 Å². The van der Waals surface area contributed by atoms with Crippen LogP contribution in [0.25, 0.3) is 0 Å². The molecule has 0 saturated carbocycles. The van der Waals surface area contributed by atoms with E-state index in [4.69, 9.17) is 5.26 Å². The summed E-state index contributed by atoms with van der Waals surface area (Å²) in [5, 5.41) is 34.2. The zero-order valence-electron chi connectivity index (χ0n) is 10.4. The number of rotatable bonds is 3. The SMILES string of the molecule is N#Cc1ccc(NC(=O)C2CC(O)CN2)c([N+](=O)[O-])c1. The molecule has 8 nitrogen and oxygen atoms in total. The molecule has 3 N–H and O–H groups in total. The minimum Gasteiger partial charge on any atom is -0.392 e.